The van der Waals surface area contributed by atoms with Crippen molar-refractivity contribution in [3.05, 3.63) is 47.8 Å². The van der Waals surface area contributed by atoms with Gasteiger partial charge in [0.05, 0.1) is 24.5 Å². The van der Waals surface area contributed by atoms with Gasteiger partial charge in [0.25, 0.3) is 5.91 Å². The van der Waals surface area contributed by atoms with Crippen LogP contribution in [0, 0.1) is 0 Å². The van der Waals surface area contributed by atoms with E-state index in [1.54, 1.807) is 25.8 Å². The second-order valence-electron chi connectivity index (χ2n) is 6.35. The van der Waals surface area contributed by atoms with Crippen LogP contribution in [0.4, 0.5) is 0 Å². The number of rotatable bonds is 5. The van der Waals surface area contributed by atoms with Gasteiger partial charge >= 0.3 is 0 Å². The highest BCUT2D eigenvalue weighted by Gasteiger charge is 2.34. The number of hydrogen-bond donors (Lipinski definition) is 1. The van der Waals surface area contributed by atoms with E-state index in [1.807, 2.05) is 23.9 Å². The molecule has 128 valence electrons. The molecule has 7 nitrogen and oxygen atoms in total. The number of hydrogen-bond acceptors (Lipinski definition) is 5. The average Bonchev–Trinajstić information content (AvgIpc) is 3.13. The van der Waals surface area contributed by atoms with Gasteiger partial charge in [-0.15, -0.1) is 0 Å². The standard InChI is InChI=1S/C17H23N5O2/c1-21-8-14(16-7-19-11-22(16)2)15(9-21)20-17(23)13-4-12(10-24-3)5-18-6-13/h4-7,11,14-15H,8-10H2,1-3H3,(H,20,23)/t14-,15-/m1/s1. The van der Waals surface area contributed by atoms with Crippen molar-refractivity contribution in [3.63, 3.8) is 0 Å². The van der Waals surface area contributed by atoms with Gasteiger partial charge in [-0.1, -0.05) is 0 Å². The molecule has 2 atom stereocenters. The number of nitrogens with zero attached hydrogens (tertiary/aromatic N) is 4. The number of amides is 1. The number of likely N-dealkylation sites (N-methyl/N-ethyl adjacent to an activating group) is 1. The number of pyridine rings is 1. The summed E-state index contributed by atoms with van der Waals surface area (Å²) in [4.78, 5) is 23.2. The molecule has 0 aromatic carbocycles. The van der Waals surface area contributed by atoms with Crippen LogP contribution in [0.5, 0.6) is 0 Å². The highest BCUT2D eigenvalue weighted by atomic mass is 16.5. The van der Waals surface area contributed by atoms with E-state index in [2.05, 4.69) is 27.2 Å². The fourth-order valence-electron chi connectivity index (χ4n) is 3.28. The van der Waals surface area contributed by atoms with Crippen molar-refractivity contribution in [3.8, 4) is 0 Å². The Labute approximate surface area is 141 Å². The number of ether oxygens (including phenoxy) is 1. The van der Waals surface area contributed by atoms with Gasteiger partial charge < -0.3 is 19.5 Å². The molecule has 1 N–H and O–H groups in total. The van der Waals surface area contributed by atoms with Gasteiger partial charge in [0.15, 0.2) is 0 Å². The van der Waals surface area contributed by atoms with Crippen LogP contribution < -0.4 is 5.32 Å². The van der Waals surface area contributed by atoms with E-state index in [0.29, 0.717) is 12.2 Å². The van der Waals surface area contributed by atoms with Crippen molar-refractivity contribution >= 4 is 5.91 Å². The fraction of sp³-hybridized carbons (Fsp3) is 0.471. The van der Waals surface area contributed by atoms with Crippen molar-refractivity contribution in [2.45, 2.75) is 18.6 Å². The summed E-state index contributed by atoms with van der Waals surface area (Å²) in [5, 5.41) is 3.16. The highest BCUT2D eigenvalue weighted by molar-refractivity contribution is 5.94. The van der Waals surface area contributed by atoms with Crippen LogP contribution in [0.15, 0.2) is 31.0 Å². The minimum Gasteiger partial charge on any atom is -0.380 e. The molecule has 0 spiro atoms. The van der Waals surface area contributed by atoms with Gasteiger partial charge in [0.2, 0.25) is 0 Å². The Morgan fingerprint density at radius 2 is 2.12 bits per heavy atom. The molecule has 3 heterocycles. The Morgan fingerprint density at radius 1 is 1.29 bits per heavy atom. The van der Waals surface area contributed by atoms with E-state index in [9.17, 15) is 4.79 Å². The maximum absolute atomic E-state index is 12.6. The van der Waals surface area contributed by atoms with E-state index in [-0.39, 0.29) is 17.9 Å². The smallest absolute Gasteiger partial charge is 0.253 e. The van der Waals surface area contributed by atoms with E-state index >= 15 is 0 Å². The van der Waals surface area contributed by atoms with Gasteiger partial charge in [0.1, 0.15) is 0 Å². The monoisotopic (exact) mass is 329 g/mol. The fourth-order valence-corrected chi connectivity index (χ4v) is 3.28. The minimum absolute atomic E-state index is 0.0454. The van der Waals surface area contributed by atoms with Crippen LogP contribution in [0.25, 0.3) is 0 Å². The van der Waals surface area contributed by atoms with Crippen molar-refractivity contribution in [1.29, 1.82) is 0 Å². The topological polar surface area (TPSA) is 72.3 Å². The van der Waals surface area contributed by atoms with E-state index in [0.717, 1.165) is 24.3 Å². The quantitative estimate of drug-likeness (QED) is 0.878. The summed E-state index contributed by atoms with van der Waals surface area (Å²) in [6, 6.07) is 1.87. The van der Waals surface area contributed by atoms with E-state index in [1.165, 1.54) is 0 Å². The molecule has 0 saturated carbocycles. The summed E-state index contributed by atoms with van der Waals surface area (Å²) in [5.41, 5.74) is 2.58. The van der Waals surface area contributed by atoms with Crippen molar-refractivity contribution in [1.82, 2.24) is 24.8 Å². The number of aryl methyl sites for hydroxylation is 1. The summed E-state index contributed by atoms with van der Waals surface area (Å²) in [7, 11) is 5.67. The Bertz CT molecular complexity index is 715. The van der Waals surface area contributed by atoms with Crippen LogP contribution in [0.3, 0.4) is 0 Å². The molecular weight excluding hydrogens is 306 g/mol. The zero-order valence-corrected chi connectivity index (χ0v) is 14.3. The molecule has 1 fully saturated rings. The Morgan fingerprint density at radius 3 is 2.83 bits per heavy atom. The average molecular weight is 329 g/mol. The molecule has 0 radical (unpaired) electrons. The molecule has 1 saturated heterocycles. The molecule has 1 aliphatic rings. The molecule has 0 bridgehead atoms. The predicted octanol–water partition coefficient (Wildman–Crippen LogP) is 0.789. The van der Waals surface area contributed by atoms with Gasteiger partial charge in [-0.2, -0.15) is 0 Å². The molecule has 2 aromatic rings. The van der Waals surface area contributed by atoms with Crippen LogP contribution in [-0.4, -0.2) is 58.6 Å². The first-order valence-electron chi connectivity index (χ1n) is 7.97. The van der Waals surface area contributed by atoms with Crippen molar-refractivity contribution in [2.75, 3.05) is 27.2 Å². The lowest BCUT2D eigenvalue weighted by atomic mass is 9.99. The third kappa shape index (κ3) is 3.47. The number of methoxy groups -OCH3 is 1. The molecule has 24 heavy (non-hydrogen) atoms. The van der Waals surface area contributed by atoms with Gasteiger partial charge in [-0.25, -0.2) is 4.98 Å². The maximum atomic E-state index is 12.6. The SMILES string of the molecule is COCc1cncc(C(=O)N[C@@H]2CN(C)C[C@H]2c2cncn2C)c1. The molecule has 7 heteroatoms. The highest BCUT2D eigenvalue weighted by Crippen LogP contribution is 2.26. The lowest BCUT2D eigenvalue weighted by Crippen LogP contribution is -2.40. The number of carbonyl (C=O) groups excluding carboxylic acids is 1. The van der Waals surface area contributed by atoms with Crippen LogP contribution in [0.2, 0.25) is 0 Å². The third-order valence-corrected chi connectivity index (χ3v) is 4.42. The largest absolute Gasteiger partial charge is 0.380 e. The summed E-state index contributed by atoms with van der Waals surface area (Å²) >= 11 is 0. The third-order valence-electron chi connectivity index (χ3n) is 4.42. The molecule has 0 aliphatic carbocycles. The molecule has 1 aliphatic heterocycles. The summed E-state index contributed by atoms with van der Waals surface area (Å²) in [5.74, 6) is 0.120. The van der Waals surface area contributed by atoms with Gasteiger partial charge in [-0.05, 0) is 18.7 Å². The number of imidazole rings is 1. The second kappa shape index (κ2) is 7.11. The zero-order chi connectivity index (χ0) is 17.1. The lowest BCUT2D eigenvalue weighted by molar-refractivity contribution is 0.0934. The molecule has 1 amide bonds. The molecular formula is C17H23N5O2. The predicted molar refractivity (Wildman–Crippen MR) is 89.7 cm³/mol. The van der Waals surface area contributed by atoms with E-state index in [4.69, 9.17) is 4.74 Å². The normalized spacial score (nSPS) is 21.1. The Balaban J connectivity index is 1.75. The van der Waals surface area contributed by atoms with Crippen LogP contribution in [-0.2, 0) is 18.4 Å². The van der Waals surface area contributed by atoms with Crippen molar-refractivity contribution < 1.29 is 9.53 Å². The Kier molecular flexibility index (Phi) is 4.92. The molecule has 0 unspecified atom stereocenters. The van der Waals surface area contributed by atoms with Crippen LogP contribution in [0.1, 0.15) is 27.5 Å². The van der Waals surface area contributed by atoms with Crippen LogP contribution >= 0.6 is 0 Å². The van der Waals surface area contributed by atoms with Gasteiger partial charge in [0, 0.05) is 57.4 Å². The first-order chi connectivity index (χ1) is 11.6. The lowest BCUT2D eigenvalue weighted by Gasteiger charge is -2.20. The number of likely N-dealkylation sites (tertiary alicyclic amines) is 1. The number of aromatic nitrogens is 3. The Hall–Kier alpha value is -2.25. The minimum atomic E-state index is -0.104. The number of nitrogens with one attached hydrogen (secondary N) is 1. The van der Waals surface area contributed by atoms with Gasteiger partial charge in [-0.3, -0.25) is 9.78 Å². The first-order valence-corrected chi connectivity index (χ1v) is 7.97. The number of carbonyl (C=O) groups is 1. The summed E-state index contributed by atoms with van der Waals surface area (Å²) < 4.78 is 7.12. The summed E-state index contributed by atoms with van der Waals surface area (Å²) in [6.45, 7) is 2.15. The second-order valence-corrected chi connectivity index (χ2v) is 6.35. The molecule has 3 rings (SSSR count). The van der Waals surface area contributed by atoms with Crippen molar-refractivity contribution in [2.24, 2.45) is 7.05 Å². The molecule has 2 aromatic heterocycles. The zero-order valence-electron chi connectivity index (χ0n) is 14.3. The maximum Gasteiger partial charge on any atom is 0.253 e. The summed E-state index contributed by atoms with van der Waals surface area (Å²) in [6.07, 6.45) is 6.97. The van der Waals surface area contributed by atoms with E-state index < -0.39 is 0 Å². The first kappa shape index (κ1) is 16.6.